The smallest absolute Gasteiger partial charge is 0.255 e. The maximum Gasteiger partial charge on any atom is 0.255 e. The van der Waals surface area contributed by atoms with E-state index in [0.29, 0.717) is 23.9 Å². The summed E-state index contributed by atoms with van der Waals surface area (Å²) in [5, 5.41) is 13.0. The van der Waals surface area contributed by atoms with Crippen molar-refractivity contribution >= 4 is 0 Å². The summed E-state index contributed by atoms with van der Waals surface area (Å²) in [5.74, 6) is 1.08. The van der Waals surface area contributed by atoms with Crippen LogP contribution in [-0.2, 0) is 0 Å². The summed E-state index contributed by atoms with van der Waals surface area (Å²) in [6.07, 6.45) is 0.363. The van der Waals surface area contributed by atoms with Gasteiger partial charge in [-0.15, -0.1) is 0 Å². The van der Waals surface area contributed by atoms with Gasteiger partial charge in [0.25, 0.3) is 5.56 Å². The van der Waals surface area contributed by atoms with Crippen LogP contribution >= 0.6 is 0 Å². The Labute approximate surface area is 114 Å². The van der Waals surface area contributed by atoms with E-state index in [1.54, 1.807) is 6.92 Å². The minimum Gasteiger partial charge on any atom is -0.392 e. The lowest BCUT2D eigenvalue weighted by atomic mass is 10.0. The SMILES string of the molecule is Cc1nc(C)c(C(C)NCC(O)CC(C)C)c(=O)[nH]1. The van der Waals surface area contributed by atoms with Gasteiger partial charge in [-0.3, -0.25) is 4.79 Å². The van der Waals surface area contributed by atoms with Gasteiger partial charge in [0.1, 0.15) is 5.82 Å². The molecule has 0 aliphatic carbocycles. The lowest BCUT2D eigenvalue weighted by Gasteiger charge is -2.19. The second kappa shape index (κ2) is 6.82. The van der Waals surface area contributed by atoms with Gasteiger partial charge >= 0.3 is 0 Å². The Morgan fingerprint density at radius 3 is 2.47 bits per heavy atom. The van der Waals surface area contributed by atoms with Crippen LogP contribution in [0.3, 0.4) is 0 Å². The van der Waals surface area contributed by atoms with Gasteiger partial charge in [-0.2, -0.15) is 0 Å². The van der Waals surface area contributed by atoms with Crippen molar-refractivity contribution in [3.8, 4) is 0 Å². The van der Waals surface area contributed by atoms with Crippen molar-refractivity contribution in [2.45, 2.75) is 53.2 Å². The normalized spacial score (nSPS) is 14.7. The summed E-state index contributed by atoms with van der Waals surface area (Å²) >= 11 is 0. The Hall–Kier alpha value is -1.20. The minimum atomic E-state index is -0.389. The monoisotopic (exact) mass is 267 g/mol. The molecule has 0 saturated carbocycles. The third-order valence-corrected chi connectivity index (χ3v) is 3.10. The summed E-state index contributed by atoms with van der Waals surface area (Å²) in [4.78, 5) is 18.9. The highest BCUT2D eigenvalue weighted by Gasteiger charge is 2.15. The van der Waals surface area contributed by atoms with Crippen molar-refractivity contribution in [2.24, 2.45) is 5.92 Å². The minimum absolute atomic E-state index is 0.108. The van der Waals surface area contributed by atoms with E-state index in [-0.39, 0.29) is 17.7 Å². The van der Waals surface area contributed by atoms with Crippen LogP contribution in [0.4, 0.5) is 0 Å². The number of aryl methyl sites for hydroxylation is 2. The number of rotatable bonds is 6. The molecule has 0 bridgehead atoms. The highest BCUT2D eigenvalue weighted by molar-refractivity contribution is 5.19. The van der Waals surface area contributed by atoms with Crippen LogP contribution in [-0.4, -0.2) is 27.7 Å². The average molecular weight is 267 g/mol. The molecule has 0 saturated heterocycles. The highest BCUT2D eigenvalue weighted by atomic mass is 16.3. The van der Waals surface area contributed by atoms with Crippen LogP contribution in [0.15, 0.2) is 4.79 Å². The second-order valence-electron chi connectivity index (χ2n) is 5.56. The van der Waals surface area contributed by atoms with Crippen molar-refractivity contribution < 1.29 is 5.11 Å². The number of hydrogen-bond acceptors (Lipinski definition) is 4. The zero-order valence-electron chi connectivity index (χ0n) is 12.4. The quantitative estimate of drug-likeness (QED) is 0.729. The molecule has 0 spiro atoms. The van der Waals surface area contributed by atoms with Crippen molar-refractivity contribution in [3.05, 3.63) is 27.4 Å². The highest BCUT2D eigenvalue weighted by Crippen LogP contribution is 2.11. The molecule has 1 heterocycles. The lowest BCUT2D eigenvalue weighted by Crippen LogP contribution is -2.33. The number of hydrogen-bond donors (Lipinski definition) is 3. The number of aromatic nitrogens is 2. The van der Waals surface area contributed by atoms with Crippen molar-refractivity contribution in [3.63, 3.8) is 0 Å². The molecule has 0 radical (unpaired) electrons. The number of aliphatic hydroxyl groups is 1. The summed E-state index contributed by atoms with van der Waals surface area (Å²) in [7, 11) is 0. The molecule has 19 heavy (non-hydrogen) atoms. The van der Waals surface area contributed by atoms with Crippen molar-refractivity contribution in [2.75, 3.05) is 6.54 Å². The molecule has 1 rings (SSSR count). The largest absolute Gasteiger partial charge is 0.392 e. The van der Waals surface area contributed by atoms with Crippen LogP contribution in [0.5, 0.6) is 0 Å². The summed E-state index contributed by atoms with van der Waals surface area (Å²) in [6, 6.07) is -0.126. The molecule has 0 aliphatic heterocycles. The van der Waals surface area contributed by atoms with E-state index < -0.39 is 0 Å². The van der Waals surface area contributed by atoms with E-state index in [4.69, 9.17) is 0 Å². The molecule has 1 aromatic heterocycles. The maximum absolute atomic E-state index is 11.9. The Kier molecular flexibility index (Phi) is 5.69. The second-order valence-corrected chi connectivity index (χ2v) is 5.56. The Balaban J connectivity index is 2.69. The van der Waals surface area contributed by atoms with Crippen LogP contribution in [0.2, 0.25) is 0 Å². The number of nitrogens with zero attached hydrogens (tertiary/aromatic N) is 1. The first-order valence-corrected chi connectivity index (χ1v) is 6.80. The van der Waals surface area contributed by atoms with Gasteiger partial charge in [0.05, 0.1) is 11.7 Å². The van der Waals surface area contributed by atoms with Crippen molar-refractivity contribution in [1.29, 1.82) is 0 Å². The molecule has 3 N–H and O–H groups in total. The predicted octanol–water partition coefficient (Wildman–Crippen LogP) is 1.44. The van der Waals surface area contributed by atoms with Gasteiger partial charge in [0.15, 0.2) is 0 Å². The molecule has 5 heteroatoms. The molecule has 2 unspecified atom stereocenters. The van der Waals surface area contributed by atoms with E-state index in [0.717, 1.165) is 12.1 Å². The predicted molar refractivity (Wildman–Crippen MR) is 76.2 cm³/mol. The first-order chi connectivity index (χ1) is 8.81. The van der Waals surface area contributed by atoms with E-state index in [9.17, 15) is 9.90 Å². The van der Waals surface area contributed by atoms with Gasteiger partial charge < -0.3 is 15.4 Å². The lowest BCUT2D eigenvalue weighted by molar-refractivity contribution is 0.143. The first kappa shape index (κ1) is 15.9. The van der Waals surface area contributed by atoms with Crippen LogP contribution < -0.4 is 10.9 Å². The first-order valence-electron chi connectivity index (χ1n) is 6.80. The molecule has 1 aromatic rings. The molecule has 0 amide bonds. The van der Waals surface area contributed by atoms with Gasteiger partial charge in [-0.1, -0.05) is 13.8 Å². The molecule has 108 valence electrons. The Bertz CT molecular complexity index is 468. The van der Waals surface area contributed by atoms with Crippen molar-refractivity contribution in [1.82, 2.24) is 15.3 Å². The van der Waals surface area contributed by atoms with Gasteiger partial charge in [-0.25, -0.2) is 4.98 Å². The molecular weight excluding hydrogens is 242 g/mol. The van der Waals surface area contributed by atoms with Crippen LogP contribution in [0.25, 0.3) is 0 Å². The van der Waals surface area contributed by atoms with Gasteiger partial charge in [0, 0.05) is 18.3 Å². The van der Waals surface area contributed by atoms with E-state index >= 15 is 0 Å². The Morgan fingerprint density at radius 1 is 1.32 bits per heavy atom. The zero-order chi connectivity index (χ0) is 14.6. The molecule has 0 fully saturated rings. The molecule has 0 aliphatic rings. The molecular formula is C14H25N3O2. The molecule has 0 aromatic carbocycles. The topological polar surface area (TPSA) is 78.0 Å². The maximum atomic E-state index is 11.9. The fourth-order valence-corrected chi connectivity index (χ4v) is 2.29. The summed E-state index contributed by atoms with van der Waals surface area (Å²) < 4.78 is 0. The van der Waals surface area contributed by atoms with E-state index in [1.165, 1.54) is 0 Å². The molecule has 2 atom stereocenters. The van der Waals surface area contributed by atoms with E-state index in [1.807, 2.05) is 13.8 Å². The number of aliphatic hydroxyl groups excluding tert-OH is 1. The van der Waals surface area contributed by atoms with Crippen LogP contribution in [0.1, 0.15) is 50.3 Å². The fraction of sp³-hybridized carbons (Fsp3) is 0.714. The third kappa shape index (κ3) is 4.76. The van der Waals surface area contributed by atoms with Gasteiger partial charge in [-0.05, 0) is 33.1 Å². The summed E-state index contributed by atoms with van der Waals surface area (Å²) in [5.41, 5.74) is 1.27. The van der Waals surface area contributed by atoms with E-state index in [2.05, 4.69) is 29.1 Å². The fourth-order valence-electron chi connectivity index (χ4n) is 2.29. The molecule has 5 nitrogen and oxygen atoms in total. The third-order valence-electron chi connectivity index (χ3n) is 3.10. The number of aromatic amines is 1. The standard InChI is InChI=1S/C14H25N3O2/c1-8(2)6-12(18)7-15-9(3)13-10(4)16-11(5)17-14(13)19/h8-9,12,15,18H,6-7H2,1-5H3,(H,16,17,19). The number of nitrogens with one attached hydrogen (secondary N) is 2. The average Bonchev–Trinajstić information content (AvgIpc) is 2.23. The Morgan fingerprint density at radius 2 is 1.95 bits per heavy atom. The number of H-pyrrole nitrogens is 1. The summed E-state index contributed by atoms with van der Waals surface area (Å²) in [6.45, 7) is 10.1. The van der Waals surface area contributed by atoms with Gasteiger partial charge in [0.2, 0.25) is 0 Å². The van der Waals surface area contributed by atoms with Crippen LogP contribution in [0, 0.1) is 19.8 Å². The zero-order valence-corrected chi connectivity index (χ0v) is 12.4.